The van der Waals surface area contributed by atoms with Crippen LogP contribution >= 0.6 is 0 Å². The monoisotopic (exact) mass is 327 g/mol. The second-order valence-corrected chi connectivity index (χ2v) is 8.47. The van der Waals surface area contributed by atoms with Crippen LogP contribution in [0.3, 0.4) is 0 Å². The van der Waals surface area contributed by atoms with Gasteiger partial charge in [0.1, 0.15) is 12.7 Å². The van der Waals surface area contributed by atoms with Crippen LogP contribution in [0.15, 0.2) is 30.3 Å². The van der Waals surface area contributed by atoms with Gasteiger partial charge in [0, 0.05) is 58.2 Å². The van der Waals surface area contributed by atoms with E-state index in [1.165, 1.54) is 81.8 Å². The van der Waals surface area contributed by atoms with Crippen molar-refractivity contribution in [3.8, 4) is 0 Å². The van der Waals surface area contributed by atoms with Gasteiger partial charge in [0.2, 0.25) is 0 Å². The minimum absolute atomic E-state index is 0.255. The van der Waals surface area contributed by atoms with Crippen molar-refractivity contribution in [1.82, 2.24) is 14.7 Å². The van der Waals surface area contributed by atoms with E-state index in [0.717, 1.165) is 0 Å². The standard InChI is InChI=1S/C20H31N4/c1-20-19-21-9-5-10-22(19)14-16-24(20,15-6-11-23(20)13-12-21)17-18-7-3-2-4-8-18/h2-4,7-8,19H,5-6,9-17H2,1H3/q+1/t19-,20-,24?/m1/s1. The third-order valence-corrected chi connectivity index (χ3v) is 7.49. The second-order valence-electron chi connectivity index (χ2n) is 8.47. The zero-order valence-corrected chi connectivity index (χ0v) is 15.0. The molecule has 1 unspecified atom stereocenters. The van der Waals surface area contributed by atoms with Crippen molar-refractivity contribution in [2.75, 3.05) is 52.4 Å². The van der Waals surface area contributed by atoms with Crippen LogP contribution in [0.4, 0.5) is 0 Å². The van der Waals surface area contributed by atoms with Crippen LogP contribution in [-0.2, 0) is 6.54 Å². The smallest absolute Gasteiger partial charge is 0.182 e. The molecular formula is C20H31N4+. The molecule has 0 amide bonds. The van der Waals surface area contributed by atoms with Crippen molar-refractivity contribution in [2.45, 2.75) is 38.1 Å². The molecule has 130 valence electrons. The predicted octanol–water partition coefficient (Wildman–Crippen LogP) is 1.79. The molecule has 4 heterocycles. The summed E-state index contributed by atoms with van der Waals surface area (Å²) in [6, 6.07) is 11.2. The zero-order valence-electron chi connectivity index (χ0n) is 15.0. The topological polar surface area (TPSA) is 9.72 Å². The van der Waals surface area contributed by atoms with Crippen LogP contribution in [0.2, 0.25) is 0 Å². The molecule has 0 N–H and O–H groups in total. The lowest BCUT2D eigenvalue weighted by atomic mass is 9.86. The average molecular weight is 327 g/mol. The minimum Gasteiger partial charge on any atom is -0.299 e. The van der Waals surface area contributed by atoms with Gasteiger partial charge in [0.15, 0.2) is 5.66 Å². The Morgan fingerprint density at radius 1 is 0.917 bits per heavy atom. The Morgan fingerprint density at radius 3 is 2.54 bits per heavy atom. The molecule has 0 aromatic heterocycles. The minimum atomic E-state index is 0.255. The number of piperazine rings is 2. The van der Waals surface area contributed by atoms with Gasteiger partial charge >= 0.3 is 0 Å². The first-order chi connectivity index (χ1) is 11.7. The Bertz CT molecular complexity index is 599. The molecule has 4 aliphatic heterocycles. The molecule has 0 aliphatic carbocycles. The van der Waals surface area contributed by atoms with Gasteiger partial charge in [-0.25, -0.2) is 4.90 Å². The fourth-order valence-electron chi connectivity index (χ4n) is 6.33. The SMILES string of the molecule is C[C@]12[C@@H]3N4CCCN3CC[N+]1(Cc1ccccc1)CCCN2CC4. The zero-order chi connectivity index (χ0) is 16.2. The van der Waals surface area contributed by atoms with E-state index in [0.29, 0.717) is 6.17 Å². The molecule has 0 radical (unpaired) electrons. The van der Waals surface area contributed by atoms with Gasteiger partial charge in [-0.15, -0.1) is 0 Å². The summed E-state index contributed by atoms with van der Waals surface area (Å²) in [5.74, 6) is 0. The Kier molecular flexibility index (Phi) is 3.53. The van der Waals surface area contributed by atoms with E-state index in [2.05, 4.69) is 52.0 Å². The van der Waals surface area contributed by atoms with E-state index in [-0.39, 0.29) is 5.66 Å². The third-order valence-electron chi connectivity index (χ3n) is 7.49. The molecule has 1 aromatic carbocycles. The first-order valence-electron chi connectivity index (χ1n) is 9.86. The van der Waals surface area contributed by atoms with Gasteiger partial charge in [-0.1, -0.05) is 30.3 Å². The lowest BCUT2D eigenvalue weighted by Crippen LogP contribution is -2.88. The first-order valence-corrected chi connectivity index (χ1v) is 9.86. The molecule has 24 heavy (non-hydrogen) atoms. The third kappa shape index (κ3) is 2.00. The van der Waals surface area contributed by atoms with Crippen LogP contribution in [-0.4, -0.2) is 83.4 Å². The molecule has 0 bridgehead atoms. The molecule has 3 atom stereocenters. The van der Waals surface area contributed by atoms with Gasteiger partial charge in [0.25, 0.3) is 0 Å². The summed E-state index contributed by atoms with van der Waals surface area (Å²) in [4.78, 5) is 8.48. The summed E-state index contributed by atoms with van der Waals surface area (Å²) in [6.07, 6.45) is 3.33. The second kappa shape index (κ2) is 5.53. The van der Waals surface area contributed by atoms with Gasteiger partial charge in [-0.05, 0) is 6.42 Å². The highest BCUT2D eigenvalue weighted by Crippen LogP contribution is 2.46. The fraction of sp³-hybridized carbons (Fsp3) is 0.700. The summed E-state index contributed by atoms with van der Waals surface area (Å²) in [5.41, 5.74) is 1.77. The van der Waals surface area contributed by atoms with Crippen molar-refractivity contribution in [1.29, 1.82) is 0 Å². The van der Waals surface area contributed by atoms with Crippen molar-refractivity contribution < 1.29 is 4.48 Å². The lowest BCUT2D eigenvalue weighted by Gasteiger charge is -2.70. The Balaban J connectivity index is 1.58. The number of hydrogen-bond donors (Lipinski definition) is 0. The quantitative estimate of drug-likeness (QED) is 0.767. The molecule has 5 rings (SSSR count). The van der Waals surface area contributed by atoms with E-state index in [4.69, 9.17) is 0 Å². The van der Waals surface area contributed by atoms with E-state index < -0.39 is 0 Å². The Labute approximate surface area is 146 Å². The average Bonchev–Trinajstić information content (AvgIpc) is 2.61. The maximum Gasteiger partial charge on any atom is 0.182 e. The van der Waals surface area contributed by atoms with Gasteiger partial charge in [-0.2, -0.15) is 0 Å². The van der Waals surface area contributed by atoms with E-state index >= 15 is 0 Å². The molecule has 4 saturated heterocycles. The predicted molar refractivity (Wildman–Crippen MR) is 96.3 cm³/mol. The highest BCUT2D eigenvalue weighted by atomic mass is 15.6. The summed E-state index contributed by atoms with van der Waals surface area (Å²) in [5, 5.41) is 0. The van der Waals surface area contributed by atoms with Crippen LogP contribution in [0.5, 0.6) is 0 Å². The lowest BCUT2D eigenvalue weighted by molar-refractivity contribution is -1.01. The highest BCUT2D eigenvalue weighted by molar-refractivity contribution is 5.14. The molecule has 4 aliphatic rings. The summed E-state index contributed by atoms with van der Waals surface area (Å²) < 4.78 is 1.27. The van der Waals surface area contributed by atoms with Gasteiger partial charge in [-0.3, -0.25) is 14.3 Å². The number of quaternary nitrogens is 1. The van der Waals surface area contributed by atoms with Crippen molar-refractivity contribution in [2.24, 2.45) is 0 Å². The highest BCUT2D eigenvalue weighted by Gasteiger charge is 2.65. The molecule has 4 nitrogen and oxygen atoms in total. The summed E-state index contributed by atoms with van der Waals surface area (Å²) in [7, 11) is 0. The number of hydrogen-bond acceptors (Lipinski definition) is 3. The van der Waals surface area contributed by atoms with Gasteiger partial charge < -0.3 is 0 Å². The van der Waals surface area contributed by atoms with Crippen molar-refractivity contribution in [3.63, 3.8) is 0 Å². The van der Waals surface area contributed by atoms with Crippen LogP contribution < -0.4 is 0 Å². The molecule has 1 aromatic rings. The molecule has 0 saturated carbocycles. The summed E-state index contributed by atoms with van der Waals surface area (Å²) >= 11 is 0. The molecule has 4 fully saturated rings. The number of rotatable bonds is 2. The van der Waals surface area contributed by atoms with Crippen LogP contribution in [0.1, 0.15) is 25.3 Å². The Hall–Kier alpha value is -0.940. The van der Waals surface area contributed by atoms with E-state index in [9.17, 15) is 0 Å². The van der Waals surface area contributed by atoms with Crippen molar-refractivity contribution in [3.05, 3.63) is 35.9 Å². The molecule has 0 spiro atoms. The van der Waals surface area contributed by atoms with Gasteiger partial charge in [0.05, 0.1) is 13.1 Å². The number of benzene rings is 1. The largest absolute Gasteiger partial charge is 0.299 e. The maximum atomic E-state index is 2.86. The number of nitrogens with zero attached hydrogens (tertiary/aromatic N) is 4. The molecule has 4 heteroatoms. The Morgan fingerprint density at radius 2 is 1.71 bits per heavy atom. The van der Waals surface area contributed by atoms with Crippen molar-refractivity contribution >= 4 is 0 Å². The van der Waals surface area contributed by atoms with Crippen LogP contribution in [0.25, 0.3) is 0 Å². The molecular weight excluding hydrogens is 296 g/mol. The first kappa shape index (κ1) is 15.3. The van der Waals surface area contributed by atoms with Crippen LogP contribution in [0, 0.1) is 0 Å². The fourth-order valence-corrected chi connectivity index (χ4v) is 6.33. The van der Waals surface area contributed by atoms with E-state index in [1.807, 2.05) is 0 Å². The summed E-state index contributed by atoms with van der Waals surface area (Å²) in [6.45, 7) is 14.2. The normalized spacial score (nSPS) is 40.3. The van der Waals surface area contributed by atoms with E-state index in [1.54, 1.807) is 0 Å². The maximum absolute atomic E-state index is 2.86.